The molecular weight excluding hydrogens is 448 g/mol. The maximum Gasteiger partial charge on any atom is 0.407 e. The number of aromatic carboxylic acids is 1. The van der Waals surface area contributed by atoms with Crippen molar-refractivity contribution in [2.24, 2.45) is 0 Å². The van der Waals surface area contributed by atoms with Crippen LogP contribution < -0.4 is 10.6 Å². The van der Waals surface area contributed by atoms with Crippen LogP contribution in [0.25, 0.3) is 11.1 Å². The molecule has 1 aliphatic carbocycles. The van der Waals surface area contributed by atoms with Crippen LogP contribution in [0.3, 0.4) is 0 Å². The van der Waals surface area contributed by atoms with Gasteiger partial charge in [0.25, 0.3) is 0 Å². The van der Waals surface area contributed by atoms with Crippen LogP contribution in [0.2, 0.25) is 0 Å². The SMILES string of the molecule is COC[C@H](NC(=O)OCC1c2ccccc2-c2ccccc21)C(=O)Nc1cccc(C)c1C(=O)O. The van der Waals surface area contributed by atoms with Crippen LogP contribution in [0.4, 0.5) is 10.5 Å². The van der Waals surface area contributed by atoms with Gasteiger partial charge in [-0.05, 0) is 40.8 Å². The van der Waals surface area contributed by atoms with Crippen molar-refractivity contribution in [1.29, 1.82) is 0 Å². The zero-order valence-corrected chi connectivity index (χ0v) is 19.4. The Balaban J connectivity index is 1.43. The molecule has 0 saturated carbocycles. The minimum Gasteiger partial charge on any atom is -0.478 e. The van der Waals surface area contributed by atoms with Gasteiger partial charge < -0.3 is 25.2 Å². The van der Waals surface area contributed by atoms with Gasteiger partial charge in [0.1, 0.15) is 12.6 Å². The third kappa shape index (κ3) is 5.02. The number of fused-ring (bicyclic) bond motifs is 3. The van der Waals surface area contributed by atoms with Crippen molar-refractivity contribution in [3.05, 3.63) is 89.0 Å². The summed E-state index contributed by atoms with van der Waals surface area (Å²) in [5.41, 5.74) is 5.00. The van der Waals surface area contributed by atoms with Crippen molar-refractivity contribution in [1.82, 2.24) is 5.32 Å². The number of anilines is 1. The molecule has 3 aromatic rings. The topological polar surface area (TPSA) is 114 Å². The average molecular weight is 475 g/mol. The molecule has 1 atom stereocenters. The highest BCUT2D eigenvalue weighted by Gasteiger charge is 2.30. The van der Waals surface area contributed by atoms with Crippen LogP contribution in [0.1, 0.15) is 33.0 Å². The second kappa shape index (κ2) is 10.4. The molecule has 0 bridgehead atoms. The second-order valence-corrected chi connectivity index (χ2v) is 8.27. The Bertz CT molecular complexity index is 1230. The number of carbonyl (C=O) groups is 3. The summed E-state index contributed by atoms with van der Waals surface area (Å²) in [6, 6.07) is 19.7. The largest absolute Gasteiger partial charge is 0.478 e. The lowest BCUT2D eigenvalue weighted by Gasteiger charge is -2.20. The first-order valence-corrected chi connectivity index (χ1v) is 11.1. The smallest absolute Gasteiger partial charge is 0.407 e. The van der Waals surface area contributed by atoms with E-state index in [-0.39, 0.29) is 30.4 Å². The molecule has 2 amide bonds. The van der Waals surface area contributed by atoms with Crippen molar-refractivity contribution in [3.8, 4) is 11.1 Å². The summed E-state index contributed by atoms with van der Waals surface area (Å²) in [7, 11) is 1.40. The molecule has 0 aromatic heterocycles. The monoisotopic (exact) mass is 474 g/mol. The van der Waals surface area contributed by atoms with E-state index in [4.69, 9.17) is 9.47 Å². The third-order valence-corrected chi connectivity index (χ3v) is 6.03. The maximum absolute atomic E-state index is 12.9. The summed E-state index contributed by atoms with van der Waals surface area (Å²) < 4.78 is 10.6. The molecule has 0 spiro atoms. The molecule has 8 heteroatoms. The lowest BCUT2D eigenvalue weighted by atomic mass is 9.98. The Morgan fingerprint density at radius 2 is 1.57 bits per heavy atom. The van der Waals surface area contributed by atoms with Gasteiger partial charge >= 0.3 is 12.1 Å². The summed E-state index contributed by atoms with van der Waals surface area (Å²) in [6.07, 6.45) is -0.772. The fourth-order valence-electron chi connectivity index (χ4n) is 4.41. The van der Waals surface area contributed by atoms with Crippen molar-refractivity contribution < 1.29 is 29.0 Å². The summed E-state index contributed by atoms with van der Waals surface area (Å²) in [5, 5.41) is 14.6. The number of amides is 2. The molecule has 180 valence electrons. The van der Waals surface area contributed by atoms with Crippen LogP contribution in [-0.4, -0.2) is 49.4 Å². The van der Waals surface area contributed by atoms with Crippen molar-refractivity contribution >= 4 is 23.7 Å². The normalized spacial score (nSPS) is 12.9. The molecule has 4 rings (SSSR count). The molecule has 0 aliphatic heterocycles. The second-order valence-electron chi connectivity index (χ2n) is 8.27. The Labute approximate surface area is 202 Å². The number of ether oxygens (including phenoxy) is 2. The molecule has 0 saturated heterocycles. The zero-order chi connectivity index (χ0) is 24.9. The Morgan fingerprint density at radius 3 is 2.17 bits per heavy atom. The number of nitrogens with one attached hydrogen (secondary N) is 2. The number of alkyl carbamates (subject to hydrolysis) is 1. The number of methoxy groups -OCH3 is 1. The standard InChI is InChI=1S/C27H26N2O6/c1-16-8-7-13-22(24(16)26(31)32)28-25(30)23(15-34-2)29-27(33)35-14-21-19-11-5-3-9-17(19)18-10-4-6-12-20(18)21/h3-13,21,23H,14-15H2,1-2H3,(H,28,30)(H,29,33)(H,31,32)/t23-/m0/s1. The lowest BCUT2D eigenvalue weighted by Crippen LogP contribution is -2.47. The number of carboxylic acids is 1. The summed E-state index contributed by atoms with van der Waals surface area (Å²) >= 11 is 0. The van der Waals surface area contributed by atoms with Crippen LogP contribution in [0.15, 0.2) is 66.7 Å². The van der Waals surface area contributed by atoms with Crippen molar-refractivity contribution in [2.75, 3.05) is 25.6 Å². The molecule has 8 nitrogen and oxygen atoms in total. The molecule has 0 heterocycles. The highest BCUT2D eigenvalue weighted by Crippen LogP contribution is 2.44. The minimum absolute atomic E-state index is 0.0156. The maximum atomic E-state index is 12.9. The van der Waals surface area contributed by atoms with E-state index in [2.05, 4.69) is 10.6 Å². The summed E-state index contributed by atoms with van der Waals surface area (Å²) in [4.78, 5) is 37.1. The number of carboxylic acid groups (broad SMARTS) is 1. The molecule has 0 unspecified atom stereocenters. The average Bonchev–Trinajstić information content (AvgIpc) is 3.16. The summed E-state index contributed by atoms with van der Waals surface area (Å²) in [6.45, 7) is 1.62. The van der Waals surface area contributed by atoms with Gasteiger partial charge in [0.2, 0.25) is 5.91 Å². The predicted molar refractivity (Wildman–Crippen MR) is 131 cm³/mol. The Hall–Kier alpha value is -4.17. The molecule has 1 aliphatic rings. The number of rotatable bonds is 8. The fourth-order valence-corrected chi connectivity index (χ4v) is 4.41. The highest BCUT2D eigenvalue weighted by atomic mass is 16.5. The zero-order valence-electron chi connectivity index (χ0n) is 19.4. The van der Waals surface area contributed by atoms with Crippen molar-refractivity contribution in [2.45, 2.75) is 18.9 Å². The lowest BCUT2D eigenvalue weighted by molar-refractivity contribution is -0.119. The van der Waals surface area contributed by atoms with E-state index in [0.717, 1.165) is 22.3 Å². The Morgan fingerprint density at radius 1 is 0.943 bits per heavy atom. The number of hydrogen-bond acceptors (Lipinski definition) is 5. The highest BCUT2D eigenvalue weighted by molar-refractivity contribution is 6.03. The molecule has 3 aromatic carbocycles. The van der Waals surface area contributed by atoms with Gasteiger partial charge in [-0.25, -0.2) is 9.59 Å². The Kier molecular flexibility index (Phi) is 7.12. The third-order valence-electron chi connectivity index (χ3n) is 6.03. The minimum atomic E-state index is -1.16. The van der Waals surface area contributed by atoms with E-state index in [0.29, 0.717) is 5.56 Å². The van der Waals surface area contributed by atoms with E-state index < -0.39 is 24.0 Å². The van der Waals surface area contributed by atoms with Gasteiger partial charge in [0, 0.05) is 13.0 Å². The van der Waals surface area contributed by atoms with E-state index >= 15 is 0 Å². The first-order valence-electron chi connectivity index (χ1n) is 11.1. The number of aryl methyl sites for hydroxylation is 1. The van der Waals surface area contributed by atoms with Gasteiger partial charge in [0.05, 0.1) is 17.9 Å². The van der Waals surface area contributed by atoms with Gasteiger partial charge in [0.15, 0.2) is 0 Å². The van der Waals surface area contributed by atoms with Crippen LogP contribution >= 0.6 is 0 Å². The number of hydrogen-bond donors (Lipinski definition) is 3. The van der Waals surface area contributed by atoms with Gasteiger partial charge in [-0.3, -0.25) is 4.79 Å². The molecule has 0 radical (unpaired) electrons. The van der Waals surface area contributed by atoms with E-state index in [9.17, 15) is 19.5 Å². The molecule has 0 fully saturated rings. The number of benzene rings is 3. The van der Waals surface area contributed by atoms with Crippen molar-refractivity contribution in [3.63, 3.8) is 0 Å². The van der Waals surface area contributed by atoms with E-state index in [1.807, 2.05) is 48.5 Å². The predicted octanol–water partition coefficient (Wildman–Crippen LogP) is 4.19. The fraction of sp³-hybridized carbons (Fsp3) is 0.222. The van der Waals surface area contributed by atoms with Crippen LogP contribution in [0, 0.1) is 6.92 Å². The van der Waals surface area contributed by atoms with Gasteiger partial charge in [-0.2, -0.15) is 0 Å². The van der Waals surface area contributed by atoms with Crippen LogP contribution in [0.5, 0.6) is 0 Å². The van der Waals surface area contributed by atoms with Crippen LogP contribution in [-0.2, 0) is 14.3 Å². The van der Waals surface area contributed by atoms with E-state index in [1.54, 1.807) is 19.1 Å². The molecule has 3 N–H and O–H groups in total. The summed E-state index contributed by atoms with van der Waals surface area (Å²) in [5.74, 6) is -1.90. The molecule has 35 heavy (non-hydrogen) atoms. The first kappa shape index (κ1) is 24.0. The number of carbonyl (C=O) groups excluding carboxylic acids is 2. The van der Waals surface area contributed by atoms with Gasteiger partial charge in [-0.15, -0.1) is 0 Å². The van der Waals surface area contributed by atoms with Gasteiger partial charge in [-0.1, -0.05) is 60.7 Å². The first-order chi connectivity index (χ1) is 16.9. The molecular formula is C27H26N2O6. The quantitative estimate of drug-likeness (QED) is 0.451. The van der Waals surface area contributed by atoms with E-state index in [1.165, 1.54) is 13.2 Å².